The summed E-state index contributed by atoms with van der Waals surface area (Å²) < 4.78 is 32.9. The zero-order chi connectivity index (χ0) is 28.5. The number of aryl methyl sites for hydroxylation is 1. The second-order valence-corrected chi connectivity index (χ2v) is 10.1. The lowest BCUT2D eigenvalue weighted by Crippen LogP contribution is -2.15. The molecule has 4 aromatic rings. The summed E-state index contributed by atoms with van der Waals surface area (Å²) in [6.45, 7) is 5.02. The van der Waals surface area contributed by atoms with E-state index in [4.69, 9.17) is 25.5 Å². The van der Waals surface area contributed by atoms with Gasteiger partial charge in [0, 0.05) is 30.6 Å². The number of ether oxygens (including phenoxy) is 3. The SMILES string of the molecule is CC#C[C@@H](C/C(N)=N/N=N)c1ccc(OCc2ccc3sc(F)c(-c4ccc(OCCOC)cc4C)c3c2)cc1.S.[HH]. The number of benzene rings is 3. The van der Waals surface area contributed by atoms with Gasteiger partial charge in [0.1, 0.15) is 30.5 Å². The van der Waals surface area contributed by atoms with Gasteiger partial charge in [-0.25, -0.2) is 0 Å². The molecule has 0 unspecified atom stereocenters. The number of rotatable bonds is 12. The van der Waals surface area contributed by atoms with Gasteiger partial charge in [-0.15, -0.1) is 22.4 Å². The summed E-state index contributed by atoms with van der Waals surface area (Å²) in [5.41, 5.74) is 17.0. The maximum absolute atomic E-state index is 15.2. The summed E-state index contributed by atoms with van der Waals surface area (Å²) in [4.78, 5) is 0. The third kappa shape index (κ3) is 8.07. The molecule has 10 heteroatoms. The molecule has 0 amide bonds. The van der Waals surface area contributed by atoms with Gasteiger partial charge in [-0.1, -0.05) is 35.4 Å². The van der Waals surface area contributed by atoms with E-state index in [1.165, 1.54) is 0 Å². The molecule has 41 heavy (non-hydrogen) atoms. The molecule has 1 atom stereocenters. The Morgan fingerprint density at radius 2 is 1.83 bits per heavy atom. The van der Waals surface area contributed by atoms with E-state index < -0.39 is 0 Å². The Kier molecular flexibility index (Phi) is 11.7. The van der Waals surface area contributed by atoms with Gasteiger partial charge in [-0.3, -0.25) is 0 Å². The van der Waals surface area contributed by atoms with Crippen LogP contribution in [0.25, 0.3) is 21.2 Å². The monoisotopic (exact) mass is 594 g/mol. The number of methoxy groups -OCH3 is 1. The van der Waals surface area contributed by atoms with E-state index in [-0.39, 0.29) is 31.8 Å². The quantitative estimate of drug-likeness (QED) is 0.0437. The van der Waals surface area contributed by atoms with Gasteiger partial charge >= 0.3 is 0 Å². The molecule has 0 radical (unpaired) electrons. The minimum absolute atomic E-state index is 0. The van der Waals surface area contributed by atoms with Gasteiger partial charge in [-0.2, -0.15) is 23.4 Å². The molecule has 0 bridgehead atoms. The molecule has 0 spiro atoms. The van der Waals surface area contributed by atoms with Crippen molar-refractivity contribution in [2.24, 2.45) is 16.1 Å². The van der Waals surface area contributed by atoms with Gasteiger partial charge in [0.05, 0.1) is 12.5 Å². The van der Waals surface area contributed by atoms with Gasteiger partial charge in [0.15, 0.2) is 5.13 Å². The van der Waals surface area contributed by atoms with Crippen LogP contribution in [0.15, 0.2) is 71.0 Å². The Hall–Kier alpha value is -3.91. The zero-order valence-corrected chi connectivity index (χ0v) is 25.0. The van der Waals surface area contributed by atoms with Crippen molar-refractivity contribution in [2.45, 2.75) is 32.8 Å². The topological polar surface area (TPSA) is 102 Å². The van der Waals surface area contributed by atoms with E-state index in [9.17, 15) is 0 Å². The Morgan fingerprint density at radius 1 is 1.07 bits per heavy atom. The van der Waals surface area contributed by atoms with Crippen molar-refractivity contribution in [1.82, 2.24) is 0 Å². The molecule has 216 valence electrons. The highest BCUT2D eigenvalue weighted by molar-refractivity contribution is 7.59. The number of nitrogens with zero attached hydrogens (tertiary/aromatic N) is 2. The summed E-state index contributed by atoms with van der Waals surface area (Å²) in [7, 11) is 1.63. The highest BCUT2D eigenvalue weighted by atomic mass is 32.1. The zero-order valence-electron chi connectivity index (χ0n) is 23.2. The number of nitrogens with two attached hydrogens (primary N) is 1. The fourth-order valence-electron chi connectivity index (χ4n) is 4.41. The standard InChI is InChI=1S/C31H31FN4O3S.H2S.H2/c1-4-5-23(18-29(33)35-36-34)22-7-9-24(10-8-22)39-19-21-6-13-28-27(17-21)30(31(32)40-28)26-12-11-25(16-20(26)2)38-15-14-37-3;;/h6-13,16-17,23H,14-15,18-19H2,1-3H3,(H3,33,34,35);1H2;1H/t23-;;/m0../s1. The van der Waals surface area contributed by atoms with Crippen molar-refractivity contribution in [1.29, 1.82) is 5.53 Å². The lowest BCUT2D eigenvalue weighted by molar-refractivity contribution is 0.146. The molecule has 0 aliphatic rings. The second-order valence-electron chi connectivity index (χ2n) is 9.10. The first-order valence-corrected chi connectivity index (χ1v) is 13.5. The molecule has 0 saturated heterocycles. The number of halogens is 1. The molecule has 0 saturated carbocycles. The highest BCUT2D eigenvalue weighted by Gasteiger charge is 2.17. The molecule has 0 fully saturated rings. The predicted octanol–water partition coefficient (Wildman–Crippen LogP) is 7.78. The largest absolute Gasteiger partial charge is 0.491 e. The normalized spacial score (nSPS) is 11.8. The van der Waals surface area contributed by atoms with E-state index in [1.54, 1.807) is 14.0 Å². The third-order valence-electron chi connectivity index (χ3n) is 6.33. The lowest BCUT2D eigenvalue weighted by Gasteiger charge is -2.12. The van der Waals surface area contributed by atoms with Gasteiger partial charge in [0.2, 0.25) is 0 Å². The van der Waals surface area contributed by atoms with Crippen LogP contribution < -0.4 is 15.2 Å². The van der Waals surface area contributed by atoms with Gasteiger partial charge in [-0.05, 0) is 72.5 Å². The average molecular weight is 595 g/mol. The van der Waals surface area contributed by atoms with Crippen LogP contribution in [0.5, 0.6) is 11.5 Å². The number of fused-ring (bicyclic) bond motifs is 1. The van der Waals surface area contributed by atoms with Crippen LogP contribution in [-0.4, -0.2) is 26.2 Å². The second kappa shape index (κ2) is 15.2. The van der Waals surface area contributed by atoms with Crippen molar-refractivity contribution in [3.63, 3.8) is 0 Å². The van der Waals surface area contributed by atoms with Gasteiger partial charge in [0.25, 0.3) is 0 Å². The van der Waals surface area contributed by atoms with Crippen LogP contribution in [-0.2, 0) is 11.3 Å². The molecule has 7 nitrogen and oxygen atoms in total. The summed E-state index contributed by atoms with van der Waals surface area (Å²) in [6.07, 6.45) is 0.381. The first kappa shape index (κ1) is 31.6. The molecule has 4 rings (SSSR count). The Morgan fingerprint density at radius 3 is 2.51 bits per heavy atom. The van der Waals surface area contributed by atoms with Crippen molar-refractivity contribution in [2.75, 3.05) is 20.3 Å². The maximum Gasteiger partial charge on any atom is 0.185 e. The summed E-state index contributed by atoms with van der Waals surface area (Å²) in [5.74, 6) is 7.57. The predicted molar refractivity (Wildman–Crippen MR) is 170 cm³/mol. The van der Waals surface area contributed by atoms with E-state index in [0.717, 1.165) is 49.4 Å². The smallest absolute Gasteiger partial charge is 0.185 e. The van der Waals surface area contributed by atoms with E-state index in [0.29, 0.717) is 37.6 Å². The van der Waals surface area contributed by atoms with E-state index in [2.05, 4.69) is 22.2 Å². The first-order valence-electron chi connectivity index (χ1n) is 12.7. The van der Waals surface area contributed by atoms with Gasteiger partial charge < -0.3 is 19.9 Å². The van der Waals surface area contributed by atoms with Crippen molar-refractivity contribution < 1.29 is 20.0 Å². The fraction of sp³-hybridized carbons (Fsp3) is 0.258. The Bertz CT molecular complexity index is 1580. The highest BCUT2D eigenvalue weighted by Crippen LogP contribution is 2.40. The Balaban J connectivity index is 0.00000308. The van der Waals surface area contributed by atoms with Crippen LogP contribution in [0.2, 0.25) is 0 Å². The molecular weight excluding hydrogens is 559 g/mol. The first-order chi connectivity index (χ1) is 19.4. The van der Waals surface area contributed by atoms with Crippen LogP contribution >= 0.6 is 24.8 Å². The van der Waals surface area contributed by atoms with Crippen LogP contribution in [0.4, 0.5) is 4.39 Å². The number of thiophene rings is 1. The van der Waals surface area contributed by atoms with E-state index >= 15 is 4.39 Å². The summed E-state index contributed by atoms with van der Waals surface area (Å²) >= 11 is 1.14. The van der Waals surface area contributed by atoms with Crippen LogP contribution in [0.3, 0.4) is 0 Å². The molecule has 1 aromatic heterocycles. The molecule has 3 aromatic carbocycles. The number of hydrogen-bond acceptors (Lipinski definition) is 6. The minimum Gasteiger partial charge on any atom is -0.491 e. The van der Waals surface area contributed by atoms with Crippen molar-refractivity contribution in [3.8, 4) is 34.5 Å². The molecule has 3 N–H and O–H groups in total. The average Bonchev–Trinajstić information content (AvgIpc) is 3.27. The molecule has 0 aliphatic heterocycles. The lowest BCUT2D eigenvalue weighted by atomic mass is 9.95. The minimum atomic E-state index is -0.216. The molecular formula is C31H35FN4O3S2. The van der Waals surface area contributed by atoms with Crippen LogP contribution in [0.1, 0.15) is 37.4 Å². The summed E-state index contributed by atoms with van der Waals surface area (Å²) in [5, 5.41) is 7.21. The number of nitrogens with one attached hydrogen (secondary N) is 1. The summed E-state index contributed by atoms with van der Waals surface area (Å²) in [6, 6.07) is 19.2. The third-order valence-corrected chi connectivity index (χ3v) is 7.29. The molecule has 1 heterocycles. The number of hydrogen-bond donors (Lipinski definition) is 2. The maximum atomic E-state index is 15.2. The number of amidine groups is 1. The fourth-order valence-corrected chi connectivity index (χ4v) is 5.33. The van der Waals surface area contributed by atoms with Crippen LogP contribution in [0, 0.1) is 29.4 Å². The van der Waals surface area contributed by atoms with Crippen molar-refractivity contribution >= 4 is 40.8 Å². The Labute approximate surface area is 252 Å². The van der Waals surface area contributed by atoms with E-state index in [1.807, 2.05) is 67.6 Å². The molecule has 0 aliphatic carbocycles. The van der Waals surface area contributed by atoms with Crippen molar-refractivity contribution in [3.05, 3.63) is 82.5 Å².